The van der Waals surface area contributed by atoms with Gasteiger partial charge in [-0.2, -0.15) is 0 Å². The van der Waals surface area contributed by atoms with Gasteiger partial charge >= 0.3 is 5.97 Å². The summed E-state index contributed by atoms with van der Waals surface area (Å²) in [6, 6.07) is 1.54. The van der Waals surface area contributed by atoms with Gasteiger partial charge < -0.3 is 15.3 Å². The third-order valence-electron chi connectivity index (χ3n) is 4.91. The summed E-state index contributed by atoms with van der Waals surface area (Å²) in [4.78, 5) is 25.0. The molecule has 0 aromatic rings. The Morgan fingerprint density at radius 3 is 2.30 bits per heavy atom. The van der Waals surface area contributed by atoms with Crippen LogP contribution in [0.2, 0.25) is 0 Å². The van der Waals surface area contributed by atoms with E-state index in [1.54, 1.807) is 0 Å². The predicted molar refractivity (Wildman–Crippen MR) is 74.3 cm³/mol. The lowest BCUT2D eigenvalue weighted by Crippen LogP contribution is -2.41. The molecule has 20 heavy (non-hydrogen) atoms. The van der Waals surface area contributed by atoms with Crippen LogP contribution in [0.3, 0.4) is 0 Å². The second kappa shape index (κ2) is 5.72. The van der Waals surface area contributed by atoms with Crippen LogP contribution < -0.4 is 5.32 Å². The van der Waals surface area contributed by atoms with Crippen molar-refractivity contribution in [3.05, 3.63) is 0 Å². The number of nitrogens with zero attached hydrogens (tertiary/aromatic N) is 1. The maximum atomic E-state index is 12.5. The van der Waals surface area contributed by atoms with E-state index in [4.69, 9.17) is 5.11 Å². The molecule has 3 fully saturated rings. The Morgan fingerprint density at radius 1 is 1.10 bits per heavy atom. The van der Waals surface area contributed by atoms with Crippen molar-refractivity contribution in [2.45, 2.75) is 69.5 Å². The van der Waals surface area contributed by atoms with Crippen molar-refractivity contribution < 1.29 is 14.7 Å². The Balaban J connectivity index is 1.52. The van der Waals surface area contributed by atoms with Gasteiger partial charge in [-0.1, -0.05) is 0 Å². The van der Waals surface area contributed by atoms with E-state index in [0.29, 0.717) is 37.0 Å². The number of carboxylic acid groups (broad SMARTS) is 1. The van der Waals surface area contributed by atoms with Crippen LogP contribution in [0.1, 0.15) is 51.4 Å². The normalized spacial score (nSPS) is 32.1. The molecule has 1 amide bonds. The zero-order chi connectivity index (χ0) is 14.1. The minimum absolute atomic E-state index is 0.0692. The Morgan fingerprint density at radius 2 is 1.75 bits per heavy atom. The van der Waals surface area contributed by atoms with Crippen LogP contribution in [0.25, 0.3) is 0 Å². The van der Waals surface area contributed by atoms with Gasteiger partial charge in [-0.3, -0.25) is 9.59 Å². The summed E-state index contributed by atoms with van der Waals surface area (Å²) in [6.07, 6.45) is 7.50. The fourth-order valence-corrected chi connectivity index (χ4v) is 3.82. The van der Waals surface area contributed by atoms with Crippen LogP contribution in [-0.4, -0.2) is 46.6 Å². The first kappa shape index (κ1) is 13.9. The van der Waals surface area contributed by atoms with E-state index in [2.05, 4.69) is 5.32 Å². The number of rotatable bonds is 6. The molecule has 2 bridgehead atoms. The number of piperidine rings is 1. The highest BCUT2D eigenvalue weighted by Crippen LogP contribution is 2.34. The van der Waals surface area contributed by atoms with Crippen LogP contribution in [0.5, 0.6) is 0 Å². The summed E-state index contributed by atoms with van der Waals surface area (Å²) in [5.41, 5.74) is 0. The predicted octanol–water partition coefficient (Wildman–Crippen LogP) is 1.37. The number of carbonyl (C=O) groups excluding carboxylic acids is 1. The van der Waals surface area contributed by atoms with Crippen molar-refractivity contribution >= 4 is 11.9 Å². The average molecular weight is 280 g/mol. The third kappa shape index (κ3) is 3.32. The Kier molecular flexibility index (Phi) is 3.96. The number of hydrogen-bond donors (Lipinski definition) is 2. The maximum absolute atomic E-state index is 12.5. The lowest BCUT2D eigenvalue weighted by molar-refractivity contribution is -0.139. The maximum Gasteiger partial charge on any atom is 0.305 e. The van der Waals surface area contributed by atoms with E-state index in [1.807, 2.05) is 4.90 Å². The molecule has 5 nitrogen and oxygen atoms in total. The number of nitrogens with one attached hydrogen (secondary N) is 1. The molecule has 0 radical (unpaired) electrons. The SMILES string of the molecule is O=C(O)CCN(C(=O)CC1CC2CCC(C1)N2)C1CC1. The smallest absolute Gasteiger partial charge is 0.305 e. The van der Waals surface area contributed by atoms with Crippen molar-refractivity contribution in [2.24, 2.45) is 5.92 Å². The minimum Gasteiger partial charge on any atom is -0.481 e. The molecule has 2 unspecified atom stereocenters. The van der Waals surface area contributed by atoms with E-state index >= 15 is 0 Å². The molecular weight excluding hydrogens is 256 g/mol. The molecule has 0 spiro atoms. The fraction of sp³-hybridized carbons (Fsp3) is 0.867. The number of fused-ring (bicyclic) bond motifs is 2. The van der Waals surface area contributed by atoms with Crippen LogP contribution in [0, 0.1) is 5.92 Å². The van der Waals surface area contributed by atoms with Gasteiger partial charge in [-0.15, -0.1) is 0 Å². The van der Waals surface area contributed by atoms with Gasteiger partial charge in [-0.05, 0) is 44.4 Å². The van der Waals surface area contributed by atoms with Gasteiger partial charge in [0.1, 0.15) is 0 Å². The standard InChI is InChI=1S/C15H24N2O3/c18-14(17(13-3-4-13)6-5-15(19)20)9-10-7-11-1-2-12(8-10)16-11/h10-13,16H,1-9H2,(H,19,20). The number of amides is 1. The highest BCUT2D eigenvalue weighted by atomic mass is 16.4. The molecule has 1 aliphatic carbocycles. The number of carboxylic acids is 1. The van der Waals surface area contributed by atoms with E-state index in [9.17, 15) is 9.59 Å². The summed E-state index contributed by atoms with van der Waals surface area (Å²) in [6.45, 7) is 0.386. The Labute approximate surface area is 119 Å². The van der Waals surface area contributed by atoms with E-state index < -0.39 is 5.97 Å². The highest BCUT2D eigenvalue weighted by molar-refractivity contribution is 5.78. The highest BCUT2D eigenvalue weighted by Gasteiger charge is 2.37. The second-order valence-electron chi connectivity index (χ2n) is 6.64. The molecule has 2 N–H and O–H groups in total. The molecule has 3 rings (SSSR count). The van der Waals surface area contributed by atoms with Gasteiger partial charge in [-0.25, -0.2) is 0 Å². The zero-order valence-electron chi connectivity index (χ0n) is 11.9. The molecule has 1 saturated carbocycles. The average Bonchev–Trinajstić information content (AvgIpc) is 3.15. The molecule has 0 aromatic carbocycles. The molecule has 2 atom stereocenters. The van der Waals surface area contributed by atoms with E-state index in [1.165, 1.54) is 12.8 Å². The van der Waals surface area contributed by atoms with Crippen LogP contribution in [0.15, 0.2) is 0 Å². The Hall–Kier alpha value is -1.10. The van der Waals surface area contributed by atoms with Crippen molar-refractivity contribution in [3.8, 4) is 0 Å². The van der Waals surface area contributed by atoms with Crippen molar-refractivity contribution in [1.29, 1.82) is 0 Å². The molecule has 2 saturated heterocycles. The first-order chi connectivity index (χ1) is 9.61. The zero-order valence-corrected chi connectivity index (χ0v) is 11.9. The molecule has 3 aliphatic rings. The minimum atomic E-state index is -0.816. The molecule has 2 aliphatic heterocycles. The lowest BCUT2D eigenvalue weighted by atomic mass is 9.89. The fourth-order valence-electron chi connectivity index (χ4n) is 3.82. The summed E-state index contributed by atoms with van der Waals surface area (Å²) in [5, 5.41) is 12.4. The van der Waals surface area contributed by atoms with Crippen LogP contribution in [-0.2, 0) is 9.59 Å². The van der Waals surface area contributed by atoms with Gasteiger partial charge in [0.25, 0.3) is 0 Å². The number of carbonyl (C=O) groups is 2. The largest absolute Gasteiger partial charge is 0.481 e. The van der Waals surface area contributed by atoms with Crippen LogP contribution in [0.4, 0.5) is 0 Å². The molecular formula is C15H24N2O3. The quantitative estimate of drug-likeness (QED) is 0.771. The first-order valence-electron chi connectivity index (χ1n) is 7.89. The topological polar surface area (TPSA) is 69.6 Å². The first-order valence-corrected chi connectivity index (χ1v) is 7.89. The summed E-state index contributed by atoms with van der Waals surface area (Å²) in [7, 11) is 0. The third-order valence-corrected chi connectivity index (χ3v) is 4.91. The van der Waals surface area contributed by atoms with Crippen LogP contribution >= 0.6 is 0 Å². The lowest BCUT2D eigenvalue weighted by Gasteiger charge is -2.30. The van der Waals surface area contributed by atoms with Gasteiger partial charge in [0.05, 0.1) is 6.42 Å². The Bertz CT molecular complexity index is 383. The summed E-state index contributed by atoms with van der Waals surface area (Å²) < 4.78 is 0. The molecule has 2 heterocycles. The number of hydrogen-bond acceptors (Lipinski definition) is 3. The van der Waals surface area contributed by atoms with Gasteiger partial charge in [0, 0.05) is 31.1 Å². The summed E-state index contributed by atoms with van der Waals surface area (Å²) in [5.74, 6) is -0.143. The van der Waals surface area contributed by atoms with Gasteiger partial charge in [0.15, 0.2) is 0 Å². The van der Waals surface area contributed by atoms with Crippen molar-refractivity contribution in [3.63, 3.8) is 0 Å². The molecule has 112 valence electrons. The number of aliphatic carboxylic acids is 1. The second-order valence-corrected chi connectivity index (χ2v) is 6.64. The van der Waals surface area contributed by atoms with E-state index in [-0.39, 0.29) is 12.3 Å². The van der Waals surface area contributed by atoms with Crippen molar-refractivity contribution in [1.82, 2.24) is 10.2 Å². The van der Waals surface area contributed by atoms with E-state index in [0.717, 1.165) is 25.7 Å². The van der Waals surface area contributed by atoms with Crippen molar-refractivity contribution in [2.75, 3.05) is 6.54 Å². The van der Waals surface area contributed by atoms with Gasteiger partial charge in [0.2, 0.25) is 5.91 Å². The molecule has 0 aromatic heterocycles. The monoisotopic (exact) mass is 280 g/mol. The molecule has 5 heteroatoms. The summed E-state index contributed by atoms with van der Waals surface area (Å²) >= 11 is 0.